The van der Waals surface area contributed by atoms with E-state index < -0.39 is 5.25 Å². The van der Waals surface area contributed by atoms with Gasteiger partial charge in [-0.25, -0.2) is 0 Å². The first kappa shape index (κ1) is 21.9. The molecule has 1 N–H and O–H groups in total. The summed E-state index contributed by atoms with van der Waals surface area (Å²) in [6.45, 7) is 2.73. The maximum atomic E-state index is 13.3. The monoisotopic (exact) mass is 488 g/mol. The van der Waals surface area contributed by atoms with Crippen LogP contribution >= 0.6 is 46.3 Å². The van der Waals surface area contributed by atoms with Gasteiger partial charge in [0, 0.05) is 22.3 Å². The van der Waals surface area contributed by atoms with Crippen LogP contribution in [-0.4, -0.2) is 20.7 Å². The van der Waals surface area contributed by atoms with Crippen LogP contribution < -0.4 is 5.32 Å². The molecule has 0 bridgehead atoms. The number of hydrogen-bond donors (Lipinski definition) is 1. The number of rotatable bonds is 7. The van der Waals surface area contributed by atoms with Crippen molar-refractivity contribution < 1.29 is 4.79 Å². The van der Waals surface area contributed by atoms with Gasteiger partial charge in [0.15, 0.2) is 11.0 Å². The zero-order chi connectivity index (χ0) is 21.8. The normalized spacial score (nSPS) is 12.0. The van der Waals surface area contributed by atoms with E-state index in [1.54, 1.807) is 29.5 Å². The Morgan fingerprint density at radius 2 is 1.84 bits per heavy atom. The molecule has 5 nitrogen and oxygen atoms in total. The molecule has 0 aliphatic carbocycles. The lowest BCUT2D eigenvalue weighted by molar-refractivity contribution is -0.115. The third kappa shape index (κ3) is 5.13. The third-order valence-electron chi connectivity index (χ3n) is 4.47. The van der Waals surface area contributed by atoms with Gasteiger partial charge in [-0.3, -0.25) is 4.79 Å². The van der Waals surface area contributed by atoms with Crippen LogP contribution in [0.4, 0.5) is 5.69 Å². The van der Waals surface area contributed by atoms with E-state index >= 15 is 0 Å². The SMILES string of the molecule is CCn1c(SC(C(=O)Nc2cc(Cl)cc(Cl)c2)c2ccccc2)nnc1-c1cccs1. The molecule has 158 valence electrons. The Kier molecular flexibility index (Phi) is 6.97. The maximum Gasteiger partial charge on any atom is 0.242 e. The molecule has 2 aromatic heterocycles. The fourth-order valence-electron chi connectivity index (χ4n) is 3.09. The minimum absolute atomic E-state index is 0.196. The molecule has 1 atom stereocenters. The summed E-state index contributed by atoms with van der Waals surface area (Å²) in [6, 6.07) is 18.5. The summed E-state index contributed by atoms with van der Waals surface area (Å²) in [7, 11) is 0. The quantitative estimate of drug-likeness (QED) is 0.290. The summed E-state index contributed by atoms with van der Waals surface area (Å²) in [5.41, 5.74) is 1.40. The average molecular weight is 489 g/mol. The molecule has 0 radical (unpaired) electrons. The summed E-state index contributed by atoms with van der Waals surface area (Å²) in [5.74, 6) is 0.603. The highest BCUT2D eigenvalue weighted by molar-refractivity contribution is 8.00. The van der Waals surface area contributed by atoms with Gasteiger partial charge in [0.1, 0.15) is 5.25 Å². The second-order valence-electron chi connectivity index (χ2n) is 6.58. The molecule has 9 heteroatoms. The molecular formula is C22H18Cl2N4OS2. The molecule has 0 saturated heterocycles. The van der Waals surface area contributed by atoms with E-state index in [0.717, 1.165) is 16.3 Å². The van der Waals surface area contributed by atoms with E-state index in [0.29, 0.717) is 27.4 Å². The second-order valence-corrected chi connectivity index (χ2v) is 9.48. The predicted molar refractivity (Wildman–Crippen MR) is 129 cm³/mol. The lowest BCUT2D eigenvalue weighted by Crippen LogP contribution is -2.19. The van der Waals surface area contributed by atoms with Gasteiger partial charge in [0.2, 0.25) is 5.91 Å². The summed E-state index contributed by atoms with van der Waals surface area (Å²) >= 11 is 15.1. The number of nitrogens with one attached hydrogen (secondary N) is 1. The molecule has 0 fully saturated rings. The average Bonchev–Trinajstić information content (AvgIpc) is 3.41. The van der Waals surface area contributed by atoms with Crippen molar-refractivity contribution in [3.05, 3.63) is 81.7 Å². The smallest absolute Gasteiger partial charge is 0.242 e. The standard InChI is InChI=1S/C22H18Cl2N4OS2/c1-2-28-20(18-9-6-10-30-18)26-27-22(28)31-19(14-7-4-3-5-8-14)21(29)25-17-12-15(23)11-16(24)13-17/h3-13,19H,2H2,1H3,(H,25,29). The topological polar surface area (TPSA) is 59.8 Å². The molecule has 4 aromatic rings. The summed E-state index contributed by atoms with van der Waals surface area (Å²) < 4.78 is 2.02. The number of thioether (sulfide) groups is 1. The number of carbonyl (C=O) groups excluding carboxylic acids is 1. The predicted octanol–water partition coefficient (Wildman–Crippen LogP) is 6.81. The molecule has 0 saturated carbocycles. The fourth-order valence-corrected chi connectivity index (χ4v) is 5.43. The zero-order valence-corrected chi connectivity index (χ0v) is 19.6. The van der Waals surface area contributed by atoms with Crippen molar-refractivity contribution in [3.63, 3.8) is 0 Å². The lowest BCUT2D eigenvalue weighted by atomic mass is 10.1. The van der Waals surface area contributed by atoms with Crippen LogP contribution in [0.3, 0.4) is 0 Å². The first-order chi connectivity index (χ1) is 15.0. The second kappa shape index (κ2) is 9.87. The number of benzene rings is 2. The number of thiophene rings is 1. The Morgan fingerprint density at radius 3 is 2.48 bits per heavy atom. The van der Waals surface area contributed by atoms with E-state index in [1.807, 2.05) is 59.3 Å². The fraction of sp³-hybridized carbons (Fsp3) is 0.136. The van der Waals surface area contributed by atoms with Gasteiger partial charge in [-0.15, -0.1) is 21.5 Å². The molecule has 31 heavy (non-hydrogen) atoms. The first-order valence-electron chi connectivity index (χ1n) is 9.50. The minimum atomic E-state index is -0.537. The van der Waals surface area contributed by atoms with Crippen molar-refractivity contribution in [2.45, 2.75) is 23.9 Å². The molecular weight excluding hydrogens is 471 g/mol. The molecule has 2 heterocycles. The van der Waals surface area contributed by atoms with Crippen molar-refractivity contribution >= 4 is 57.9 Å². The number of hydrogen-bond acceptors (Lipinski definition) is 5. The lowest BCUT2D eigenvalue weighted by Gasteiger charge is -2.17. The Labute approximate surface area is 198 Å². The van der Waals surface area contributed by atoms with Crippen molar-refractivity contribution in [2.75, 3.05) is 5.32 Å². The number of nitrogens with zero attached hydrogens (tertiary/aromatic N) is 3. The Hall–Kier alpha value is -2.32. The van der Waals surface area contributed by atoms with Gasteiger partial charge in [0.05, 0.1) is 4.88 Å². The van der Waals surface area contributed by atoms with Gasteiger partial charge in [-0.1, -0.05) is 71.4 Å². The molecule has 1 amide bonds. The minimum Gasteiger partial charge on any atom is -0.325 e. The van der Waals surface area contributed by atoms with E-state index in [2.05, 4.69) is 15.5 Å². The number of anilines is 1. The van der Waals surface area contributed by atoms with Gasteiger partial charge in [-0.2, -0.15) is 0 Å². The molecule has 1 unspecified atom stereocenters. The van der Waals surface area contributed by atoms with E-state index in [4.69, 9.17) is 23.2 Å². The third-order valence-corrected chi connectivity index (χ3v) is 7.01. The zero-order valence-electron chi connectivity index (χ0n) is 16.5. The van der Waals surface area contributed by atoms with Crippen LogP contribution in [0.2, 0.25) is 10.0 Å². The van der Waals surface area contributed by atoms with Gasteiger partial charge in [0.25, 0.3) is 0 Å². The van der Waals surface area contributed by atoms with Gasteiger partial charge in [-0.05, 0) is 42.1 Å². The largest absolute Gasteiger partial charge is 0.325 e. The first-order valence-corrected chi connectivity index (χ1v) is 12.0. The van der Waals surface area contributed by atoms with Crippen molar-refractivity contribution in [2.24, 2.45) is 0 Å². The molecule has 4 rings (SSSR count). The molecule has 0 aliphatic heterocycles. The molecule has 0 spiro atoms. The van der Waals surface area contributed by atoms with Crippen LogP contribution in [0.25, 0.3) is 10.7 Å². The van der Waals surface area contributed by atoms with Gasteiger partial charge >= 0.3 is 0 Å². The number of carbonyl (C=O) groups is 1. The highest BCUT2D eigenvalue weighted by Gasteiger charge is 2.26. The van der Waals surface area contributed by atoms with Crippen LogP contribution in [0.15, 0.2) is 71.2 Å². The van der Waals surface area contributed by atoms with Crippen LogP contribution in [-0.2, 0) is 11.3 Å². The Balaban J connectivity index is 1.66. The summed E-state index contributed by atoms with van der Waals surface area (Å²) in [5, 5.41) is 14.8. The highest BCUT2D eigenvalue weighted by Crippen LogP contribution is 2.37. The summed E-state index contributed by atoms with van der Waals surface area (Å²) in [6.07, 6.45) is 0. The maximum absolute atomic E-state index is 13.3. The number of amides is 1. The molecule has 0 aliphatic rings. The number of halogens is 2. The van der Waals surface area contributed by atoms with Crippen LogP contribution in [0.1, 0.15) is 17.7 Å². The van der Waals surface area contributed by atoms with Crippen LogP contribution in [0.5, 0.6) is 0 Å². The van der Waals surface area contributed by atoms with E-state index in [-0.39, 0.29) is 5.91 Å². The van der Waals surface area contributed by atoms with E-state index in [9.17, 15) is 4.79 Å². The van der Waals surface area contributed by atoms with Crippen LogP contribution in [0, 0.1) is 0 Å². The van der Waals surface area contributed by atoms with Gasteiger partial charge < -0.3 is 9.88 Å². The highest BCUT2D eigenvalue weighted by atomic mass is 35.5. The van der Waals surface area contributed by atoms with Crippen molar-refractivity contribution in [3.8, 4) is 10.7 Å². The van der Waals surface area contributed by atoms with Crippen molar-refractivity contribution in [1.29, 1.82) is 0 Å². The Bertz CT molecular complexity index is 1160. The summed E-state index contributed by atoms with van der Waals surface area (Å²) in [4.78, 5) is 14.3. The Morgan fingerprint density at radius 1 is 1.10 bits per heavy atom. The number of aromatic nitrogens is 3. The van der Waals surface area contributed by atoms with E-state index in [1.165, 1.54) is 11.8 Å². The van der Waals surface area contributed by atoms with Crippen molar-refractivity contribution in [1.82, 2.24) is 14.8 Å². The molecule has 2 aromatic carbocycles.